The molecule has 0 atom stereocenters. The fourth-order valence-corrected chi connectivity index (χ4v) is 1.98. The van der Waals surface area contributed by atoms with Crippen molar-refractivity contribution >= 4 is 34.6 Å². The number of nitrogens with two attached hydrogens (primary N) is 2. The molecule has 2 heterocycles. The van der Waals surface area contributed by atoms with Gasteiger partial charge in [0.2, 0.25) is 5.88 Å². The van der Waals surface area contributed by atoms with Crippen LogP contribution in [0.1, 0.15) is 5.56 Å². The summed E-state index contributed by atoms with van der Waals surface area (Å²) in [6.45, 7) is -3.03. The second-order valence-electron chi connectivity index (χ2n) is 3.66. The van der Waals surface area contributed by atoms with Crippen molar-refractivity contribution in [1.29, 1.82) is 0 Å². The topological polar surface area (TPSA) is 96.9 Å². The average Bonchev–Trinajstić information content (AvgIpc) is 2.84. The Morgan fingerprint density at radius 3 is 2.70 bits per heavy atom. The number of alkyl halides is 2. The summed E-state index contributed by atoms with van der Waals surface area (Å²) in [5.41, 5.74) is 11.6. The first kappa shape index (κ1) is 14.5. The Kier molecular flexibility index (Phi) is 3.77. The second kappa shape index (κ2) is 5.21. The number of aromatic nitrogens is 4. The summed E-state index contributed by atoms with van der Waals surface area (Å²) in [4.78, 5) is 0.0462. The Labute approximate surface area is 122 Å². The van der Waals surface area contributed by atoms with Gasteiger partial charge >= 0.3 is 6.61 Å². The highest BCUT2D eigenvalue weighted by Crippen LogP contribution is 2.32. The maximum atomic E-state index is 12.3. The van der Waals surface area contributed by atoms with Crippen LogP contribution in [0.2, 0.25) is 5.02 Å². The lowest BCUT2D eigenvalue weighted by atomic mass is 10.3. The van der Waals surface area contributed by atoms with Crippen molar-refractivity contribution in [2.75, 3.05) is 5.73 Å². The molecule has 4 N–H and O–H groups in total. The third-order valence-electron chi connectivity index (χ3n) is 2.40. The minimum atomic E-state index is -3.03. The number of halogens is 3. The third kappa shape index (κ3) is 2.39. The van der Waals surface area contributed by atoms with E-state index in [4.69, 9.17) is 35.3 Å². The van der Waals surface area contributed by atoms with Crippen molar-refractivity contribution in [1.82, 2.24) is 19.6 Å². The molecule has 0 unspecified atom stereocenters. The molecule has 0 aliphatic rings. The molecule has 2 aromatic rings. The summed E-state index contributed by atoms with van der Waals surface area (Å²) in [5.74, 6) is -0.172. The first-order valence-electron chi connectivity index (χ1n) is 5.14. The highest BCUT2D eigenvalue weighted by Gasteiger charge is 2.23. The standard InChI is InChI=1S/C9H9ClF2N6OS/c1-17-8(19-9(11)12)4(10)7(16-17)18-5(13)3(2-15-18)6(14)20/h2,9H,13H2,1H3,(H2,14,20). The van der Waals surface area contributed by atoms with Gasteiger partial charge in [-0.3, -0.25) is 0 Å². The molecule has 2 aromatic heterocycles. The van der Waals surface area contributed by atoms with Crippen LogP contribution in [-0.4, -0.2) is 31.2 Å². The van der Waals surface area contributed by atoms with E-state index >= 15 is 0 Å². The van der Waals surface area contributed by atoms with Crippen LogP contribution >= 0.6 is 23.8 Å². The molecule has 108 valence electrons. The number of ether oxygens (including phenoxy) is 1. The van der Waals surface area contributed by atoms with E-state index in [-0.39, 0.29) is 27.5 Å². The summed E-state index contributed by atoms with van der Waals surface area (Å²) in [6.07, 6.45) is 1.33. The van der Waals surface area contributed by atoms with Crippen LogP contribution in [0.5, 0.6) is 5.88 Å². The minimum absolute atomic E-state index is 0.0322. The van der Waals surface area contributed by atoms with Gasteiger partial charge in [-0.05, 0) is 0 Å². The van der Waals surface area contributed by atoms with Crippen LogP contribution in [0.4, 0.5) is 14.6 Å². The predicted molar refractivity (Wildman–Crippen MR) is 72.3 cm³/mol. The number of hydrogen-bond donors (Lipinski definition) is 2. The smallest absolute Gasteiger partial charge is 0.388 e. The Bertz CT molecular complexity index is 670. The molecule has 0 aliphatic carbocycles. The molecule has 0 amide bonds. The quantitative estimate of drug-likeness (QED) is 0.817. The van der Waals surface area contributed by atoms with Gasteiger partial charge in [0.1, 0.15) is 15.8 Å². The monoisotopic (exact) mass is 322 g/mol. The van der Waals surface area contributed by atoms with Crippen molar-refractivity contribution in [3.63, 3.8) is 0 Å². The number of hydrogen-bond acceptors (Lipinski definition) is 5. The fraction of sp³-hybridized carbons (Fsp3) is 0.222. The fourth-order valence-electron chi connectivity index (χ4n) is 1.53. The third-order valence-corrected chi connectivity index (χ3v) is 2.95. The number of aryl methyl sites for hydroxylation is 1. The van der Waals surface area contributed by atoms with Crippen LogP contribution < -0.4 is 16.2 Å². The number of anilines is 1. The summed E-state index contributed by atoms with van der Waals surface area (Å²) in [5, 5.41) is 7.70. The molecular weight excluding hydrogens is 314 g/mol. The molecule has 11 heteroatoms. The zero-order valence-corrected chi connectivity index (χ0v) is 11.6. The van der Waals surface area contributed by atoms with E-state index in [2.05, 4.69) is 14.9 Å². The molecule has 20 heavy (non-hydrogen) atoms. The first-order valence-corrected chi connectivity index (χ1v) is 5.92. The van der Waals surface area contributed by atoms with Crippen LogP contribution in [-0.2, 0) is 7.05 Å². The number of nitrogens with zero attached hydrogens (tertiary/aromatic N) is 4. The molecular formula is C9H9ClF2N6OS. The van der Waals surface area contributed by atoms with E-state index in [1.807, 2.05) is 0 Å². The van der Waals surface area contributed by atoms with Crippen LogP contribution in [0.25, 0.3) is 5.82 Å². The van der Waals surface area contributed by atoms with Gasteiger partial charge in [-0.1, -0.05) is 23.8 Å². The van der Waals surface area contributed by atoms with Crippen molar-refractivity contribution in [2.24, 2.45) is 12.8 Å². The van der Waals surface area contributed by atoms with Gasteiger partial charge in [0, 0.05) is 7.05 Å². The van der Waals surface area contributed by atoms with Gasteiger partial charge < -0.3 is 16.2 Å². The summed E-state index contributed by atoms with van der Waals surface area (Å²) in [6, 6.07) is 0. The predicted octanol–water partition coefficient (Wildman–Crippen LogP) is 1.08. The molecule has 0 aliphatic heterocycles. The van der Waals surface area contributed by atoms with E-state index in [0.717, 1.165) is 9.36 Å². The highest BCUT2D eigenvalue weighted by molar-refractivity contribution is 7.80. The van der Waals surface area contributed by atoms with Gasteiger partial charge in [-0.2, -0.15) is 18.6 Å². The average molecular weight is 323 g/mol. The van der Waals surface area contributed by atoms with Crippen LogP contribution in [0.3, 0.4) is 0 Å². The van der Waals surface area contributed by atoms with E-state index in [1.54, 1.807) is 0 Å². The molecule has 0 radical (unpaired) electrons. The number of rotatable bonds is 4. The van der Waals surface area contributed by atoms with Crippen molar-refractivity contribution in [3.05, 3.63) is 16.8 Å². The van der Waals surface area contributed by atoms with Crippen LogP contribution in [0.15, 0.2) is 6.20 Å². The summed E-state index contributed by atoms with van der Waals surface area (Å²) in [7, 11) is 1.39. The highest BCUT2D eigenvalue weighted by atomic mass is 35.5. The van der Waals surface area contributed by atoms with Gasteiger partial charge in [0.05, 0.1) is 11.8 Å². The molecule has 7 nitrogen and oxygen atoms in total. The Morgan fingerprint density at radius 1 is 1.55 bits per heavy atom. The molecule has 0 fully saturated rings. The zero-order chi connectivity index (χ0) is 15.0. The lowest BCUT2D eigenvalue weighted by molar-refractivity contribution is -0.0552. The Morgan fingerprint density at radius 2 is 2.20 bits per heavy atom. The molecule has 2 rings (SSSR count). The maximum absolute atomic E-state index is 12.3. The second-order valence-corrected chi connectivity index (χ2v) is 4.48. The first-order chi connectivity index (χ1) is 9.32. The zero-order valence-electron chi connectivity index (χ0n) is 10.0. The molecule has 0 aromatic carbocycles. The van der Waals surface area contributed by atoms with Crippen molar-refractivity contribution in [2.45, 2.75) is 6.61 Å². The van der Waals surface area contributed by atoms with E-state index in [9.17, 15) is 8.78 Å². The summed E-state index contributed by atoms with van der Waals surface area (Å²) < 4.78 is 31.0. The number of thiocarbonyl (C=S) groups is 1. The lowest BCUT2D eigenvalue weighted by Crippen LogP contribution is -2.12. The normalized spacial score (nSPS) is 11.1. The van der Waals surface area contributed by atoms with Gasteiger partial charge in [-0.25, -0.2) is 4.68 Å². The molecule has 0 saturated carbocycles. The van der Waals surface area contributed by atoms with Crippen molar-refractivity contribution < 1.29 is 13.5 Å². The molecule has 0 saturated heterocycles. The minimum Gasteiger partial charge on any atom is -0.415 e. The van der Waals surface area contributed by atoms with Crippen LogP contribution in [0, 0.1) is 0 Å². The van der Waals surface area contributed by atoms with Crippen molar-refractivity contribution in [3.8, 4) is 11.7 Å². The number of nitrogen functional groups attached to an aromatic ring is 1. The lowest BCUT2D eigenvalue weighted by Gasteiger charge is -2.03. The molecule has 0 bridgehead atoms. The van der Waals surface area contributed by atoms with Gasteiger partial charge in [-0.15, -0.1) is 5.10 Å². The van der Waals surface area contributed by atoms with E-state index < -0.39 is 6.61 Å². The maximum Gasteiger partial charge on any atom is 0.388 e. The van der Waals surface area contributed by atoms with Gasteiger partial charge in [0.25, 0.3) is 0 Å². The Balaban J connectivity index is 2.52. The van der Waals surface area contributed by atoms with E-state index in [1.165, 1.54) is 13.2 Å². The van der Waals surface area contributed by atoms with Gasteiger partial charge in [0.15, 0.2) is 5.82 Å². The SMILES string of the molecule is Cn1nc(-n2ncc(C(N)=S)c2N)c(Cl)c1OC(F)F. The molecule has 0 spiro atoms. The largest absolute Gasteiger partial charge is 0.415 e. The Hall–Kier alpha value is -1.94. The van der Waals surface area contributed by atoms with E-state index in [0.29, 0.717) is 5.56 Å². The summed E-state index contributed by atoms with van der Waals surface area (Å²) >= 11 is 10.7.